The van der Waals surface area contributed by atoms with E-state index in [1.807, 2.05) is 7.11 Å². The van der Waals surface area contributed by atoms with Gasteiger partial charge in [0.25, 0.3) is 0 Å². The SMILES string of the molecule is CCC(C)[C@@H](CC(N)[C@H]1CC[C@@H](C)C[C@H]1C)C1CCC(OC)CC1. The molecule has 2 N–H and O–H groups in total. The van der Waals surface area contributed by atoms with Crippen molar-refractivity contribution in [3.8, 4) is 0 Å². The highest BCUT2D eigenvalue weighted by atomic mass is 16.5. The molecule has 0 aromatic carbocycles. The first-order valence-electron chi connectivity index (χ1n) is 10.7. The van der Waals surface area contributed by atoms with Crippen LogP contribution in [0.4, 0.5) is 0 Å². The van der Waals surface area contributed by atoms with Gasteiger partial charge in [-0.05, 0) is 80.5 Å². The number of nitrogens with two attached hydrogens (primary N) is 1. The molecule has 2 fully saturated rings. The molecule has 24 heavy (non-hydrogen) atoms. The third kappa shape index (κ3) is 5.21. The van der Waals surface area contributed by atoms with Gasteiger partial charge in [0, 0.05) is 13.2 Å². The number of methoxy groups -OCH3 is 1. The molecule has 2 saturated carbocycles. The molecule has 0 saturated heterocycles. The van der Waals surface area contributed by atoms with E-state index in [-0.39, 0.29) is 0 Å². The van der Waals surface area contributed by atoms with Gasteiger partial charge < -0.3 is 10.5 Å². The molecule has 2 heteroatoms. The predicted molar refractivity (Wildman–Crippen MR) is 104 cm³/mol. The predicted octanol–water partition coefficient (Wildman–Crippen LogP) is 5.64. The Kier molecular flexibility index (Phi) is 8.07. The zero-order valence-electron chi connectivity index (χ0n) is 17.0. The third-order valence-electron chi connectivity index (χ3n) is 7.62. The fraction of sp³-hybridized carbons (Fsp3) is 1.00. The third-order valence-corrected chi connectivity index (χ3v) is 7.62. The summed E-state index contributed by atoms with van der Waals surface area (Å²) in [7, 11) is 1.87. The molecule has 2 aliphatic rings. The lowest BCUT2D eigenvalue weighted by Crippen LogP contribution is -2.41. The molecular weight excluding hydrogens is 294 g/mol. The van der Waals surface area contributed by atoms with Crippen LogP contribution in [-0.2, 0) is 4.74 Å². The Balaban J connectivity index is 1.95. The molecule has 2 aliphatic carbocycles. The number of ether oxygens (including phenoxy) is 1. The van der Waals surface area contributed by atoms with Crippen molar-refractivity contribution in [1.82, 2.24) is 0 Å². The van der Waals surface area contributed by atoms with E-state index in [1.54, 1.807) is 0 Å². The van der Waals surface area contributed by atoms with E-state index >= 15 is 0 Å². The summed E-state index contributed by atoms with van der Waals surface area (Å²) in [6.07, 6.45) is 12.4. The highest BCUT2D eigenvalue weighted by Crippen LogP contribution is 2.41. The smallest absolute Gasteiger partial charge is 0.0571 e. The maximum absolute atomic E-state index is 6.81. The summed E-state index contributed by atoms with van der Waals surface area (Å²) in [5.41, 5.74) is 6.81. The average Bonchev–Trinajstić information content (AvgIpc) is 2.59. The minimum atomic E-state index is 0.409. The van der Waals surface area contributed by atoms with E-state index in [0.29, 0.717) is 12.1 Å². The first-order valence-corrected chi connectivity index (χ1v) is 10.7. The molecular formula is C22H43NO. The van der Waals surface area contributed by atoms with Crippen LogP contribution >= 0.6 is 0 Å². The molecule has 2 nitrogen and oxygen atoms in total. The average molecular weight is 338 g/mol. The topological polar surface area (TPSA) is 35.2 Å². The van der Waals surface area contributed by atoms with Gasteiger partial charge in [-0.25, -0.2) is 0 Å². The van der Waals surface area contributed by atoms with Crippen LogP contribution < -0.4 is 5.73 Å². The van der Waals surface area contributed by atoms with Crippen LogP contribution in [0.5, 0.6) is 0 Å². The van der Waals surface area contributed by atoms with Gasteiger partial charge >= 0.3 is 0 Å². The van der Waals surface area contributed by atoms with E-state index in [2.05, 4.69) is 27.7 Å². The van der Waals surface area contributed by atoms with E-state index in [1.165, 1.54) is 57.8 Å². The fourth-order valence-corrected chi connectivity index (χ4v) is 5.76. The fourth-order valence-electron chi connectivity index (χ4n) is 5.76. The number of rotatable bonds is 7. The van der Waals surface area contributed by atoms with Crippen LogP contribution in [0.2, 0.25) is 0 Å². The van der Waals surface area contributed by atoms with Crippen molar-refractivity contribution < 1.29 is 4.74 Å². The lowest BCUT2D eigenvalue weighted by atomic mass is 9.66. The standard InChI is InChI=1S/C22H43NO/c1-6-16(3)21(18-8-10-19(24-5)11-9-18)14-22(23)20-12-7-15(2)13-17(20)4/h15-22H,6-14,23H2,1-5H3/t15-,16?,17-,18?,19?,20+,21-,22?/m1/s1. The summed E-state index contributed by atoms with van der Waals surface area (Å²) >= 11 is 0. The largest absolute Gasteiger partial charge is 0.381 e. The van der Waals surface area contributed by atoms with Crippen LogP contribution in [-0.4, -0.2) is 19.3 Å². The normalized spacial score (nSPS) is 38.5. The summed E-state index contributed by atoms with van der Waals surface area (Å²) in [6, 6.07) is 0.409. The maximum Gasteiger partial charge on any atom is 0.0571 e. The second-order valence-electron chi connectivity index (χ2n) is 9.28. The number of hydrogen-bond acceptors (Lipinski definition) is 2. The minimum absolute atomic E-state index is 0.409. The molecule has 0 aromatic rings. The molecule has 0 amide bonds. The lowest BCUT2D eigenvalue weighted by molar-refractivity contribution is 0.0336. The van der Waals surface area contributed by atoms with Crippen molar-refractivity contribution >= 4 is 0 Å². The Bertz CT molecular complexity index is 350. The molecule has 2 rings (SSSR count). The van der Waals surface area contributed by atoms with Gasteiger partial charge in [-0.2, -0.15) is 0 Å². The van der Waals surface area contributed by atoms with Crippen molar-refractivity contribution in [3.05, 3.63) is 0 Å². The van der Waals surface area contributed by atoms with Gasteiger partial charge in [-0.15, -0.1) is 0 Å². The first kappa shape index (κ1) is 20.2. The van der Waals surface area contributed by atoms with Gasteiger partial charge in [0.05, 0.1) is 6.10 Å². The van der Waals surface area contributed by atoms with E-state index in [9.17, 15) is 0 Å². The molecule has 0 radical (unpaired) electrons. The van der Waals surface area contributed by atoms with Crippen molar-refractivity contribution in [2.75, 3.05) is 7.11 Å². The Labute approximate surface area is 151 Å². The summed E-state index contributed by atoms with van der Waals surface area (Å²) in [5, 5.41) is 0. The minimum Gasteiger partial charge on any atom is -0.381 e. The van der Waals surface area contributed by atoms with Gasteiger partial charge in [0.15, 0.2) is 0 Å². The van der Waals surface area contributed by atoms with Crippen LogP contribution in [0, 0.1) is 35.5 Å². The molecule has 142 valence electrons. The quantitative estimate of drug-likeness (QED) is 0.652. The van der Waals surface area contributed by atoms with E-state index in [4.69, 9.17) is 10.5 Å². The summed E-state index contributed by atoms with van der Waals surface area (Å²) < 4.78 is 5.58. The van der Waals surface area contributed by atoms with E-state index < -0.39 is 0 Å². The maximum atomic E-state index is 6.81. The van der Waals surface area contributed by atoms with Crippen molar-refractivity contribution in [3.63, 3.8) is 0 Å². The van der Waals surface area contributed by atoms with Gasteiger partial charge in [0.2, 0.25) is 0 Å². The highest BCUT2D eigenvalue weighted by Gasteiger charge is 2.35. The molecule has 0 heterocycles. The molecule has 6 atom stereocenters. The van der Waals surface area contributed by atoms with Crippen LogP contribution in [0.25, 0.3) is 0 Å². The number of hydrogen-bond donors (Lipinski definition) is 1. The molecule has 0 aliphatic heterocycles. The monoisotopic (exact) mass is 337 g/mol. The Hall–Kier alpha value is -0.0800. The van der Waals surface area contributed by atoms with E-state index in [0.717, 1.165) is 35.5 Å². The zero-order valence-corrected chi connectivity index (χ0v) is 17.0. The van der Waals surface area contributed by atoms with Gasteiger partial charge in [-0.1, -0.05) is 40.5 Å². The van der Waals surface area contributed by atoms with Crippen molar-refractivity contribution in [2.24, 2.45) is 41.2 Å². The molecule has 0 aromatic heterocycles. The van der Waals surface area contributed by atoms with Gasteiger partial charge in [-0.3, -0.25) is 0 Å². The van der Waals surface area contributed by atoms with Crippen LogP contribution in [0.1, 0.15) is 85.5 Å². The second-order valence-corrected chi connectivity index (χ2v) is 9.28. The summed E-state index contributed by atoms with van der Waals surface area (Å²) in [5.74, 6) is 4.95. The Morgan fingerprint density at radius 2 is 1.71 bits per heavy atom. The van der Waals surface area contributed by atoms with Gasteiger partial charge in [0.1, 0.15) is 0 Å². The summed E-state index contributed by atoms with van der Waals surface area (Å²) in [6.45, 7) is 9.68. The Morgan fingerprint density at radius 1 is 1.04 bits per heavy atom. The van der Waals surface area contributed by atoms with Crippen LogP contribution in [0.15, 0.2) is 0 Å². The first-order chi connectivity index (χ1) is 11.5. The second kappa shape index (κ2) is 9.57. The van der Waals surface area contributed by atoms with Crippen molar-refractivity contribution in [2.45, 2.75) is 97.6 Å². The lowest BCUT2D eigenvalue weighted by Gasteiger charge is -2.41. The zero-order chi connectivity index (χ0) is 17.7. The van der Waals surface area contributed by atoms with Crippen molar-refractivity contribution in [1.29, 1.82) is 0 Å². The molecule has 0 spiro atoms. The summed E-state index contributed by atoms with van der Waals surface area (Å²) in [4.78, 5) is 0. The van der Waals surface area contributed by atoms with Crippen LogP contribution in [0.3, 0.4) is 0 Å². The molecule has 2 unspecified atom stereocenters. The Morgan fingerprint density at radius 3 is 2.25 bits per heavy atom. The molecule has 0 bridgehead atoms. The highest BCUT2D eigenvalue weighted by molar-refractivity contribution is 4.88.